The molecule has 3 heterocycles. The first-order chi connectivity index (χ1) is 25.3. The lowest BCUT2D eigenvalue weighted by Crippen LogP contribution is -2.64. The van der Waals surface area contributed by atoms with E-state index in [4.69, 9.17) is 14.6 Å². The number of nitrogens with zero attached hydrogens (tertiary/aromatic N) is 4. The number of amides is 2. The van der Waals surface area contributed by atoms with Gasteiger partial charge in [0.2, 0.25) is 0 Å². The van der Waals surface area contributed by atoms with Gasteiger partial charge in [-0.15, -0.1) is 11.3 Å². The molecule has 11 nitrogen and oxygen atoms in total. The Hall–Kier alpha value is -6.40. The van der Waals surface area contributed by atoms with E-state index in [1.807, 2.05) is 78.6 Å². The van der Waals surface area contributed by atoms with Crippen molar-refractivity contribution in [3.8, 4) is 0 Å². The Bertz CT molecular complexity index is 2000. The summed E-state index contributed by atoms with van der Waals surface area (Å²) < 4.78 is 7.11. The first-order valence-corrected chi connectivity index (χ1v) is 17.3. The minimum Gasteiger partial charge on any atom is -0.457 e. The molecule has 1 unspecified atom stereocenters. The average Bonchev–Trinajstić information content (AvgIpc) is 3.65. The van der Waals surface area contributed by atoms with Gasteiger partial charge in [-0.2, -0.15) is 0 Å². The molecule has 1 fully saturated rings. The van der Waals surface area contributed by atoms with Crippen LogP contribution in [0, 0.1) is 0 Å². The van der Waals surface area contributed by atoms with E-state index in [9.17, 15) is 14.4 Å². The molecule has 5 aromatic rings. The van der Waals surface area contributed by atoms with Crippen LogP contribution in [0.3, 0.4) is 0 Å². The fourth-order valence-corrected chi connectivity index (χ4v) is 6.63. The molecule has 1 atom stereocenters. The van der Waals surface area contributed by atoms with Crippen molar-refractivity contribution >= 4 is 46.0 Å². The quantitative estimate of drug-likeness (QED) is 0.0247. The number of aromatic nitrogens is 2. The lowest BCUT2D eigenvalue weighted by Gasteiger charge is -2.39. The molecule has 1 saturated heterocycles. The number of pyridine rings is 1. The van der Waals surface area contributed by atoms with Crippen molar-refractivity contribution in [3.05, 3.63) is 167 Å². The molecule has 2 N–H and O–H groups in total. The van der Waals surface area contributed by atoms with Gasteiger partial charge < -0.3 is 25.1 Å². The molecule has 12 heteroatoms. The Kier molecular flexibility index (Phi) is 11.0. The van der Waals surface area contributed by atoms with Gasteiger partial charge in [0, 0.05) is 17.5 Å². The zero-order valence-corrected chi connectivity index (χ0v) is 29.5. The molecule has 52 heavy (non-hydrogen) atoms. The number of ether oxygens (including phenoxy) is 1. The van der Waals surface area contributed by atoms with E-state index >= 15 is 0 Å². The van der Waals surface area contributed by atoms with Crippen LogP contribution in [0.1, 0.15) is 27.9 Å². The molecule has 2 aromatic heterocycles. The normalized spacial score (nSPS) is 14.6. The second-order valence-corrected chi connectivity index (χ2v) is 12.7. The van der Waals surface area contributed by atoms with E-state index in [2.05, 4.69) is 58.8 Å². The fraction of sp³-hybridized carbons (Fsp3) is 0.150. The smallest absolute Gasteiger partial charge is 0.355 e. The van der Waals surface area contributed by atoms with Crippen molar-refractivity contribution in [2.45, 2.75) is 11.6 Å². The van der Waals surface area contributed by atoms with E-state index in [0.717, 1.165) is 16.7 Å². The average molecular weight is 714 g/mol. The summed E-state index contributed by atoms with van der Waals surface area (Å²) in [7, 11) is 3.20. The van der Waals surface area contributed by atoms with Crippen molar-refractivity contribution < 1.29 is 28.5 Å². The molecule has 3 aromatic carbocycles. The maximum absolute atomic E-state index is 13.6. The zero-order valence-electron chi connectivity index (χ0n) is 28.6. The zero-order chi connectivity index (χ0) is 36.5. The summed E-state index contributed by atoms with van der Waals surface area (Å²) in [6.45, 7) is 3.60. The highest BCUT2D eigenvalue weighted by Crippen LogP contribution is 2.40. The van der Waals surface area contributed by atoms with Crippen LogP contribution >= 0.6 is 11.3 Å². The van der Waals surface area contributed by atoms with Gasteiger partial charge in [0.1, 0.15) is 43.7 Å². The van der Waals surface area contributed by atoms with E-state index < -0.39 is 29.4 Å². The van der Waals surface area contributed by atoms with Gasteiger partial charge in [0.15, 0.2) is 23.2 Å². The molecule has 1 aliphatic rings. The Morgan fingerprint density at radius 2 is 1.56 bits per heavy atom. The van der Waals surface area contributed by atoms with Gasteiger partial charge in [-0.25, -0.2) is 14.3 Å². The number of aryl methyl sites for hydroxylation is 1. The maximum atomic E-state index is 13.6. The minimum absolute atomic E-state index is 0.0212. The summed E-state index contributed by atoms with van der Waals surface area (Å²) in [5, 5.41) is 12.6. The van der Waals surface area contributed by atoms with E-state index in [1.165, 1.54) is 29.4 Å². The molecule has 0 bridgehead atoms. The van der Waals surface area contributed by atoms with Crippen molar-refractivity contribution in [1.29, 1.82) is 0 Å². The molecule has 262 valence electrons. The highest BCUT2D eigenvalue weighted by atomic mass is 32.1. The number of anilines is 1. The number of carbonyl (C=O) groups is 3. The van der Waals surface area contributed by atoms with Crippen LogP contribution in [-0.4, -0.2) is 59.7 Å². The number of rotatable bonds is 14. The Morgan fingerprint density at radius 3 is 2.08 bits per heavy atom. The molecule has 2 amide bonds. The van der Waals surface area contributed by atoms with E-state index in [1.54, 1.807) is 23.6 Å². The lowest BCUT2D eigenvalue weighted by atomic mass is 9.77. The number of likely N-dealkylation sites (tertiary alicyclic amines) is 1. The van der Waals surface area contributed by atoms with Crippen molar-refractivity contribution in [2.75, 3.05) is 25.6 Å². The van der Waals surface area contributed by atoms with Crippen molar-refractivity contribution in [3.63, 3.8) is 0 Å². The number of hydrogen-bond acceptors (Lipinski definition) is 9. The van der Waals surface area contributed by atoms with E-state index in [-0.39, 0.29) is 30.3 Å². The van der Waals surface area contributed by atoms with Crippen LogP contribution in [-0.2, 0) is 36.5 Å². The Morgan fingerprint density at radius 1 is 0.981 bits per heavy atom. The molecule has 6 rings (SSSR count). The topological polar surface area (TPSA) is 126 Å². The second-order valence-electron chi connectivity index (χ2n) is 11.8. The lowest BCUT2D eigenvalue weighted by molar-refractivity contribution is -0.671. The number of benzene rings is 3. The van der Waals surface area contributed by atoms with Crippen LogP contribution in [0.15, 0.2) is 144 Å². The summed E-state index contributed by atoms with van der Waals surface area (Å²) in [4.78, 5) is 51.1. The molecule has 0 saturated carbocycles. The second kappa shape index (κ2) is 16.1. The van der Waals surface area contributed by atoms with Gasteiger partial charge in [0.25, 0.3) is 11.8 Å². The Labute approximate surface area is 305 Å². The van der Waals surface area contributed by atoms with Gasteiger partial charge in [-0.1, -0.05) is 109 Å². The number of hydrogen-bond donors (Lipinski definition) is 2. The van der Waals surface area contributed by atoms with E-state index in [0.29, 0.717) is 10.7 Å². The number of oxime groups is 1. The predicted molar refractivity (Wildman–Crippen MR) is 199 cm³/mol. The molecule has 1 aliphatic heterocycles. The summed E-state index contributed by atoms with van der Waals surface area (Å²) in [5.74, 6) is -1.83. The summed E-state index contributed by atoms with van der Waals surface area (Å²) in [6.07, 6.45) is 6.66. The summed E-state index contributed by atoms with van der Waals surface area (Å²) in [5.41, 5.74) is 3.02. The highest BCUT2D eigenvalue weighted by molar-refractivity contribution is 7.14. The largest absolute Gasteiger partial charge is 0.457 e. The Balaban J connectivity index is 1.24. The number of thiazole rings is 1. The maximum Gasteiger partial charge on any atom is 0.355 e. The molecular weight excluding hydrogens is 677 g/mol. The third-order valence-electron chi connectivity index (χ3n) is 8.43. The first kappa shape index (κ1) is 35.4. The summed E-state index contributed by atoms with van der Waals surface area (Å²) in [6, 6.07) is 32.9. The van der Waals surface area contributed by atoms with Gasteiger partial charge >= 0.3 is 5.97 Å². The SMILES string of the molecule is C=CCOC(=O)C(=Cc1cc[n+](C)cc1)N1CC(NC(=O)/C(=N\OC)c2csc(NC(c3ccccc3)(c3ccccc3)c3ccccc3)n2)C1=O. The number of carbonyl (C=O) groups excluding carboxylic acids is 3. The van der Waals surface area contributed by atoms with Gasteiger partial charge in [0.05, 0.1) is 6.54 Å². The number of nitrogens with one attached hydrogen (secondary N) is 2. The van der Waals surface area contributed by atoms with Crippen molar-refractivity contribution in [2.24, 2.45) is 12.2 Å². The standard InChI is InChI=1S/C40H36N6O5S/c1-4-24-51-38(49)34(25-28-20-22-45(2)23-21-28)46-26-32(37(46)48)41-36(47)35(44-50-3)33-27-52-39(42-33)43-40(29-14-8-5-9-15-29,30-16-10-6-11-17-30)31-18-12-7-13-19-31/h4-23,25,27,32H,1,24,26H2,2-3H3,(H-,41,42,43,47)/p+1/b44-35-. The minimum atomic E-state index is -0.920. The molecule has 0 spiro atoms. The van der Waals surface area contributed by atoms with Crippen LogP contribution in [0.25, 0.3) is 6.08 Å². The highest BCUT2D eigenvalue weighted by Gasteiger charge is 2.43. The molecule has 0 radical (unpaired) electrons. The fourth-order valence-electron chi connectivity index (χ4n) is 5.88. The predicted octanol–water partition coefficient (Wildman–Crippen LogP) is 4.82. The van der Waals surface area contributed by atoms with Gasteiger partial charge in [-0.3, -0.25) is 9.59 Å². The van der Waals surface area contributed by atoms with Crippen molar-refractivity contribution in [1.82, 2.24) is 15.2 Å². The van der Waals surface area contributed by atoms with Crippen LogP contribution in [0.5, 0.6) is 0 Å². The monoisotopic (exact) mass is 713 g/mol. The first-order valence-electron chi connectivity index (χ1n) is 16.4. The van der Waals surface area contributed by atoms with Crippen LogP contribution < -0.4 is 15.2 Å². The molecular formula is C40H37N6O5S+. The third-order valence-corrected chi connectivity index (χ3v) is 9.19. The number of esters is 1. The van der Waals surface area contributed by atoms with Crippen LogP contribution in [0.4, 0.5) is 5.13 Å². The van der Waals surface area contributed by atoms with Crippen LogP contribution in [0.2, 0.25) is 0 Å². The number of β-lactam (4-membered cyclic amide) rings is 1. The molecule has 0 aliphatic carbocycles. The van der Waals surface area contributed by atoms with Gasteiger partial charge in [-0.05, 0) is 28.3 Å². The summed E-state index contributed by atoms with van der Waals surface area (Å²) >= 11 is 1.31. The third kappa shape index (κ3) is 7.52.